The van der Waals surface area contributed by atoms with E-state index in [-0.39, 0.29) is 24.0 Å². The quantitative estimate of drug-likeness (QED) is 0.809. The third-order valence-electron chi connectivity index (χ3n) is 5.09. The van der Waals surface area contributed by atoms with E-state index in [0.717, 1.165) is 18.4 Å². The summed E-state index contributed by atoms with van der Waals surface area (Å²) in [7, 11) is 1.57. The van der Waals surface area contributed by atoms with E-state index in [1.807, 2.05) is 30.3 Å². The molecule has 1 saturated heterocycles. The number of nitrogens with zero attached hydrogens (tertiary/aromatic N) is 1. The summed E-state index contributed by atoms with van der Waals surface area (Å²) >= 11 is 0. The molecule has 2 fully saturated rings. The molecule has 5 nitrogen and oxygen atoms in total. The van der Waals surface area contributed by atoms with E-state index in [9.17, 15) is 9.59 Å². The SMILES string of the molecule is CCCC[C@@]1(OC)C(=O)C[C@H]1N1C(=O)OC[C@H]1c1ccccc1. The number of ketones is 1. The van der Waals surface area contributed by atoms with Gasteiger partial charge in [0.15, 0.2) is 5.78 Å². The molecular weight excluding hydrogens is 294 g/mol. The second-order valence-corrected chi connectivity index (χ2v) is 6.25. The van der Waals surface area contributed by atoms with Gasteiger partial charge in [0.2, 0.25) is 0 Å². The van der Waals surface area contributed by atoms with Gasteiger partial charge in [-0.3, -0.25) is 9.69 Å². The van der Waals surface area contributed by atoms with Crippen molar-refractivity contribution < 1.29 is 19.1 Å². The zero-order valence-corrected chi connectivity index (χ0v) is 13.7. The average Bonchev–Trinajstić information content (AvgIpc) is 2.95. The van der Waals surface area contributed by atoms with E-state index in [1.54, 1.807) is 12.0 Å². The van der Waals surface area contributed by atoms with Crippen molar-refractivity contribution in [2.45, 2.75) is 50.3 Å². The van der Waals surface area contributed by atoms with Gasteiger partial charge in [-0.15, -0.1) is 0 Å². The number of unbranched alkanes of at least 4 members (excludes halogenated alkanes) is 1. The van der Waals surface area contributed by atoms with Crippen LogP contribution in [0.4, 0.5) is 4.79 Å². The third-order valence-corrected chi connectivity index (χ3v) is 5.09. The molecule has 0 spiro atoms. The number of ether oxygens (including phenoxy) is 2. The van der Waals surface area contributed by atoms with Crippen LogP contribution in [0, 0.1) is 0 Å². The molecule has 0 aromatic heterocycles. The van der Waals surface area contributed by atoms with E-state index in [4.69, 9.17) is 9.47 Å². The first kappa shape index (κ1) is 16.0. The molecule has 2 aliphatic rings. The van der Waals surface area contributed by atoms with Crippen molar-refractivity contribution >= 4 is 11.9 Å². The van der Waals surface area contributed by atoms with Crippen molar-refractivity contribution in [2.75, 3.05) is 13.7 Å². The van der Waals surface area contributed by atoms with Crippen molar-refractivity contribution in [3.8, 4) is 0 Å². The molecule has 0 radical (unpaired) electrons. The van der Waals surface area contributed by atoms with Gasteiger partial charge in [0, 0.05) is 13.5 Å². The first-order valence-corrected chi connectivity index (χ1v) is 8.22. The van der Waals surface area contributed by atoms with Crippen LogP contribution in [0.25, 0.3) is 0 Å². The van der Waals surface area contributed by atoms with Crippen LogP contribution in [0.5, 0.6) is 0 Å². The average molecular weight is 317 g/mol. The van der Waals surface area contributed by atoms with Crippen LogP contribution < -0.4 is 0 Å². The monoisotopic (exact) mass is 317 g/mol. The fourth-order valence-electron chi connectivity index (χ4n) is 3.70. The maximum atomic E-state index is 12.3. The fourth-order valence-corrected chi connectivity index (χ4v) is 3.70. The Kier molecular flexibility index (Phi) is 4.39. The first-order valence-electron chi connectivity index (χ1n) is 8.22. The molecule has 5 heteroatoms. The Morgan fingerprint density at radius 1 is 1.30 bits per heavy atom. The minimum Gasteiger partial charge on any atom is -0.447 e. The largest absolute Gasteiger partial charge is 0.447 e. The summed E-state index contributed by atoms with van der Waals surface area (Å²) in [4.78, 5) is 26.3. The lowest BCUT2D eigenvalue weighted by atomic mass is 9.69. The predicted octanol–water partition coefficient (Wildman–Crippen LogP) is 3.10. The molecular formula is C18H23NO4. The molecule has 124 valence electrons. The van der Waals surface area contributed by atoms with Gasteiger partial charge in [0.05, 0.1) is 12.1 Å². The lowest BCUT2D eigenvalue weighted by Gasteiger charge is -2.50. The van der Waals surface area contributed by atoms with Gasteiger partial charge in [0.1, 0.15) is 12.2 Å². The smallest absolute Gasteiger partial charge is 0.410 e. The number of carbonyl (C=O) groups is 2. The molecule has 1 aromatic carbocycles. The van der Waals surface area contributed by atoms with E-state index in [1.165, 1.54) is 0 Å². The van der Waals surface area contributed by atoms with Crippen LogP contribution in [-0.2, 0) is 14.3 Å². The summed E-state index contributed by atoms with van der Waals surface area (Å²) in [6.07, 6.45) is 2.52. The second-order valence-electron chi connectivity index (χ2n) is 6.25. The number of hydrogen-bond acceptors (Lipinski definition) is 4. The van der Waals surface area contributed by atoms with Gasteiger partial charge in [-0.05, 0) is 12.0 Å². The Morgan fingerprint density at radius 2 is 2.04 bits per heavy atom. The number of cyclic esters (lactones) is 1. The van der Waals surface area contributed by atoms with Crippen molar-refractivity contribution in [2.24, 2.45) is 0 Å². The normalized spacial score (nSPS) is 30.3. The number of rotatable bonds is 6. The third kappa shape index (κ3) is 2.53. The van der Waals surface area contributed by atoms with Gasteiger partial charge in [-0.25, -0.2) is 4.79 Å². The van der Waals surface area contributed by atoms with Crippen LogP contribution in [0.2, 0.25) is 0 Å². The first-order chi connectivity index (χ1) is 11.1. The number of hydrogen-bond donors (Lipinski definition) is 0. The summed E-state index contributed by atoms with van der Waals surface area (Å²) in [5.74, 6) is 0.0879. The topological polar surface area (TPSA) is 55.8 Å². The Labute approximate surface area is 136 Å². The second kappa shape index (κ2) is 6.32. The van der Waals surface area contributed by atoms with Crippen LogP contribution in [-0.4, -0.2) is 42.1 Å². The Hall–Kier alpha value is -1.88. The highest BCUT2D eigenvalue weighted by Gasteiger charge is 2.61. The molecule has 23 heavy (non-hydrogen) atoms. The number of benzene rings is 1. The number of amides is 1. The summed E-state index contributed by atoms with van der Waals surface area (Å²) < 4.78 is 10.9. The summed E-state index contributed by atoms with van der Waals surface area (Å²) in [6.45, 7) is 2.40. The Bertz CT molecular complexity index is 588. The van der Waals surface area contributed by atoms with Crippen molar-refractivity contribution in [3.05, 3.63) is 35.9 Å². The van der Waals surface area contributed by atoms with E-state index in [2.05, 4.69) is 6.92 Å². The number of Topliss-reactive ketones (excluding diaryl/α,β-unsaturated/α-hetero) is 1. The van der Waals surface area contributed by atoms with Crippen molar-refractivity contribution in [1.82, 2.24) is 4.90 Å². The molecule has 3 atom stereocenters. The molecule has 1 aromatic rings. The summed E-state index contributed by atoms with van der Waals surface area (Å²) in [6, 6.07) is 9.41. The van der Waals surface area contributed by atoms with Crippen molar-refractivity contribution in [3.63, 3.8) is 0 Å². The maximum Gasteiger partial charge on any atom is 0.410 e. The van der Waals surface area contributed by atoms with Gasteiger partial charge in [-0.1, -0.05) is 50.1 Å². The molecule has 3 rings (SSSR count). The Balaban J connectivity index is 1.88. The molecule has 1 amide bonds. The highest BCUT2D eigenvalue weighted by Crippen LogP contribution is 2.45. The zero-order chi connectivity index (χ0) is 16.4. The minimum atomic E-state index is -0.869. The van der Waals surface area contributed by atoms with Gasteiger partial charge in [0.25, 0.3) is 0 Å². The highest BCUT2D eigenvalue weighted by atomic mass is 16.6. The molecule has 1 heterocycles. The van der Waals surface area contributed by atoms with Gasteiger partial charge >= 0.3 is 6.09 Å². The summed E-state index contributed by atoms with van der Waals surface area (Å²) in [5, 5.41) is 0. The molecule has 1 saturated carbocycles. The standard InChI is InChI=1S/C18H23NO4/c1-3-4-10-18(22-2)15(11-16(18)20)19-14(12-23-17(19)21)13-8-6-5-7-9-13/h5-9,14-15H,3-4,10-12H2,1-2H3/t14-,15+,18-/m0/s1. The lowest BCUT2D eigenvalue weighted by Crippen LogP contribution is -2.68. The zero-order valence-electron chi connectivity index (χ0n) is 13.7. The van der Waals surface area contributed by atoms with Crippen molar-refractivity contribution in [1.29, 1.82) is 0 Å². The molecule has 0 bridgehead atoms. The maximum absolute atomic E-state index is 12.3. The predicted molar refractivity (Wildman–Crippen MR) is 85.0 cm³/mol. The fraction of sp³-hybridized carbons (Fsp3) is 0.556. The Morgan fingerprint density at radius 3 is 2.65 bits per heavy atom. The van der Waals surface area contributed by atoms with Gasteiger partial charge < -0.3 is 9.47 Å². The molecule has 0 N–H and O–H groups in total. The summed E-state index contributed by atoms with van der Waals surface area (Å²) in [5.41, 5.74) is 0.157. The van der Waals surface area contributed by atoms with Crippen LogP contribution in [0.1, 0.15) is 44.2 Å². The van der Waals surface area contributed by atoms with Crippen LogP contribution in [0.3, 0.4) is 0 Å². The molecule has 1 aliphatic heterocycles. The van der Waals surface area contributed by atoms with Crippen LogP contribution >= 0.6 is 0 Å². The number of carbonyl (C=O) groups excluding carboxylic acids is 2. The van der Waals surface area contributed by atoms with E-state index < -0.39 is 5.60 Å². The minimum absolute atomic E-state index is 0.0879. The highest BCUT2D eigenvalue weighted by molar-refractivity contribution is 5.96. The van der Waals surface area contributed by atoms with E-state index >= 15 is 0 Å². The molecule has 0 unspecified atom stereocenters. The number of methoxy groups -OCH3 is 1. The molecule has 1 aliphatic carbocycles. The lowest BCUT2D eigenvalue weighted by molar-refractivity contribution is -0.173. The van der Waals surface area contributed by atoms with Crippen LogP contribution in [0.15, 0.2) is 30.3 Å². The van der Waals surface area contributed by atoms with E-state index in [0.29, 0.717) is 19.4 Å². The van der Waals surface area contributed by atoms with Gasteiger partial charge in [-0.2, -0.15) is 0 Å².